The lowest BCUT2D eigenvalue weighted by Gasteiger charge is -2.08. The van der Waals surface area contributed by atoms with Gasteiger partial charge in [-0.05, 0) is 40.8 Å². The van der Waals surface area contributed by atoms with Gasteiger partial charge >= 0.3 is 5.97 Å². The smallest absolute Gasteiger partial charge is 0.330 e. The Labute approximate surface area is 135 Å². The van der Waals surface area contributed by atoms with Crippen LogP contribution < -0.4 is 4.74 Å². The Morgan fingerprint density at radius 3 is 2.26 bits per heavy atom. The van der Waals surface area contributed by atoms with E-state index in [1.165, 1.54) is 26.4 Å². The number of carbonyl (C=O) groups excluding carboxylic acids is 1. The number of methoxy groups -OCH3 is 2. The predicted octanol–water partition coefficient (Wildman–Crippen LogP) is 4.47. The van der Waals surface area contributed by atoms with Gasteiger partial charge < -0.3 is 9.47 Å². The molecule has 2 aromatic carbocycles. The normalized spacial score (nSPS) is 11.2. The van der Waals surface area contributed by atoms with Crippen molar-refractivity contribution >= 4 is 11.5 Å². The van der Waals surface area contributed by atoms with Crippen LogP contribution in [0.3, 0.4) is 0 Å². The van der Waals surface area contributed by atoms with Crippen molar-refractivity contribution in [2.75, 3.05) is 14.2 Å². The number of hydrogen-bond acceptors (Lipinski definition) is 3. The molecule has 23 heavy (non-hydrogen) atoms. The number of ether oxygens (including phenoxy) is 2. The van der Waals surface area contributed by atoms with Crippen LogP contribution in [0.4, 0.5) is 4.39 Å². The average molecular weight is 314 g/mol. The van der Waals surface area contributed by atoms with Gasteiger partial charge in [0.15, 0.2) is 11.6 Å². The van der Waals surface area contributed by atoms with Gasteiger partial charge in [0.1, 0.15) is 0 Å². The van der Waals surface area contributed by atoms with Gasteiger partial charge in [0.25, 0.3) is 0 Å². The highest BCUT2D eigenvalue weighted by molar-refractivity contribution is 5.91. The maximum Gasteiger partial charge on any atom is 0.330 e. The van der Waals surface area contributed by atoms with Crippen LogP contribution in [0, 0.1) is 5.82 Å². The van der Waals surface area contributed by atoms with E-state index in [1.807, 2.05) is 37.3 Å². The van der Waals surface area contributed by atoms with E-state index >= 15 is 0 Å². The van der Waals surface area contributed by atoms with E-state index in [9.17, 15) is 9.18 Å². The van der Waals surface area contributed by atoms with Gasteiger partial charge in [0, 0.05) is 6.08 Å². The quantitative estimate of drug-likeness (QED) is 0.603. The van der Waals surface area contributed by atoms with Crippen molar-refractivity contribution in [3.63, 3.8) is 0 Å². The second-order valence-corrected chi connectivity index (χ2v) is 4.97. The molecule has 0 atom stereocenters. The molecule has 0 saturated carbocycles. The fourth-order valence-electron chi connectivity index (χ4n) is 2.31. The first-order valence-corrected chi connectivity index (χ1v) is 7.32. The van der Waals surface area contributed by atoms with Gasteiger partial charge in [-0.1, -0.05) is 37.3 Å². The fraction of sp³-hybridized carbons (Fsp3) is 0.211. The van der Waals surface area contributed by atoms with Crippen LogP contribution in [-0.4, -0.2) is 20.2 Å². The van der Waals surface area contributed by atoms with Crippen LogP contribution in [0.5, 0.6) is 5.75 Å². The van der Waals surface area contributed by atoms with Gasteiger partial charge in [0.05, 0.1) is 14.2 Å². The molecule has 2 aromatic rings. The monoisotopic (exact) mass is 314 g/mol. The summed E-state index contributed by atoms with van der Waals surface area (Å²) in [5.74, 6) is -0.545. The molecule has 0 N–H and O–H groups in total. The first kappa shape index (κ1) is 16.7. The third-order valence-corrected chi connectivity index (χ3v) is 3.61. The molecule has 0 aromatic heterocycles. The van der Waals surface area contributed by atoms with Gasteiger partial charge in [-0.3, -0.25) is 0 Å². The van der Waals surface area contributed by atoms with Crippen molar-refractivity contribution < 1.29 is 18.7 Å². The summed E-state index contributed by atoms with van der Waals surface area (Å²) in [4.78, 5) is 11.4. The molecular formula is C19H19FO3. The van der Waals surface area contributed by atoms with Crippen molar-refractivity contribution in [1.29, 1.82) is 0 Å². The van der Waals surface area contributed by atoms with E-state index in [4.69, 9.17) is 4.74 Å². The Morgan fingerprint density at radius 2 is 1.74 bits per heavy atom. The van der Waals surface area contributed by atoms with Gasteiger partial charge in [-0.25, -0.2) is 9.18 Å². The molecule has 0 aliphatic heterocycles. The van der Waals surface area contributed by atoms with E-state index in [2.05, 4.69) is 4.74 Å². The SMILES string of the molecule is CC/C(=C\C(=O)OC)c1ccc(-c2ccc(OC)c(F)c2)cc1. The zero-order valence-corrected chi connectivity index (χ0v) is 13.4. The highest BCUT2D eigenvalue weighted by Gasteiger charge is 2.07. The Hall–Kier alpha value is -2.62. The number of carbonyl (C=O) groups is 1. The standard InChI is InChI=1S/C19H19FO3/c1-4-13(12-19(21)23-3)14-5-7-15(8-6-14)16-9-10-18(22-2)17(20)11-16/h5-12H,4H2,1-3H3/b13-12+. The van der Waals surface area contributed by atoms with Crippen molar-refractivity contribution in [2.45, 2.75) is 13.3 Å². The minimum Gasteiger partial charge on any atom is -0.494 e. The largest absolute Gasteiger partial charge is 0.494 e. The van der Waals surface area contributed by atoms with E-state index in [0.717, 1.165) is 22.3 Å². The third kappa shape index (κ3) is 3.97. The molecule has 120 valence electrons. The summed E-state index contributed by atoms with van der Waals surface area (Å²) in [7, 11) is 2.79. The van der Waals surface area contributed by atoms with Gasteiger partial charge in [0.2, 0.25) is 0 Å². The predicted molar refractivity (Wildman–Crippen MR) is 88.7 cm³/mol. The molecule has 0 aliphatic rings. The second-order valence-electron chi connectivity index (χ2n) is 4.97. The lowest BCUT2D eigenvalue weighted by molar-refractivity contribution is -0.134. The zero-order chi connectivity index (χ0) is 16.8. The van der Waals surface area contributed by atoms with E-state index in [1.54, 1.807) is 6.07 Å². The Bertz CT molecular complexity index is 718. The average Bonchev–Trinajstić information content (AvgIpc) is 2.59. The first-order chi connectivity index (χ1) is 11.1. The summed E-state index contributed by atoms with van der Waals surface area (Å²) in [5, 5.41) is 0. The molecular weight excluding hydrogens is 295 g/mol. The van der Waals surface area contributed by atoms with Crippen molar-refractivity contribution in [1.82, 2.24) is 0 Å². The molecule has 0 radical (unpaired) electrons. The third-order valence-electron chi connectivity index (χ3n) is 3.61. The number of benzene rings is 2. The Morgan fingerprint density at radius 1 is 1.09 bits per heavy atom. The van der Waals surface area contributed by atoms with E-state index in [-0.39, 0.29) is 11.7 Å². The van der Waals surface area contributed by atoms with Crippen molar-refractivity contribution in [3.8, 4) is 16.9 Å². The topological polar surface area (TPSA) is 35.5 Å². The summed E-state index contributed by atoms with van der Waals surface area (Å²) in [6, 6.07) is 12.5. The summed E-state index contributed by atoms with van der Waals surface area (Å²) in [6.45, 7) is 1.97. The summed E-state index contributed by atoms with van der Waals surface area (Å²) < 4.78 is 23.4. The molecule has 0 bridgehead atoms. The molecule has 0 fully saturated rings. The highest BCUT2D eigenvalue weighted by atomic mass is 19.1. The molecule has 0 saturated heterocycles. The molecule has 0 aliphatic carbocycles. The van der Waals surface area contributed by atoms with Crippen LogP contribution in [-0.2, 0) is 9.53 Å². The number of rotatable bonds is 5. The summed E-state index contributed by atoms with van der Waals surface area (Å²) in [5.41, 5.74) is 3.49. The zero-order valence-electron chi connectivity index (χ0n) is 13.4. The molecule has 0 spiro atoms. The van der Waals surface area contributed by atoms with E-state index in [0.29, 0.717) is 6.42 Å². The number of hydrogen-bond donors (Lipinski definition) is 0. The van der Waals surface area contributed by atoms with Gasteiger partial charge in [-0.2, -0.15) is 0 Å². The number of esters is 1. The van der Waals surface area contributed by atoms with Crippen LogP contribution in [0.25, 0.3) is 16.7 Å². The molecule has 0 unspecified atom stereocenters. The van der Waals surface area contributed by atoms with Crippen molar-refractivity contribution in [3.05, 3.63) is 59.9 Å². The molecule has 4 heteroatoms. The Kier molecular flexibility index (Phi) is 5.52. The van der Waals surface area contributed by atoms with Crippen molar-refractivity contribution in [2.24, 2.45) is 0 Å². The minimum absolute atomic E-state index is 0.222. The number of allylic oxidation sites excluding steroid dienone is 1. The first-order valence-electron chi connectivity index (χ1n) is 7.32. The summed E-state index contributed by atoms with van der Waals surface area (Å²) in [6.07, 6.45) is 2.20. The van der Waals surface area contributed by atoms with Gasteiger partial charge in [-0.15, -0.1) is 0 Å². The number of halogens is 1. The lowest BCUT2D eigenvalue weighted by atomic mass is 9.98. The fourth-order valence-corrected chi connectivity index (χ4v) is 2.31. The molecule has 2 rings (SSSR count). The van der Waals surface area contributed by atoms with Crippen LogP contribution in [0.2, 0.25) is 0 Å². The van der Waals surface area contributed by atoms with Crippen LogP contribution >= 0.6 is 0 Å². The highest BCUT2D eigenvalue weighted by Crippen LogP contribution is 2.27. The molecule has 3 nitrogen and oxygen atoms in total. The molecule has 0 amide bonds. The Balaban J connectivity index is 2.30. The maximum absolute atomic E-state index is 13.8. The van der Waals surface area contributed by atoms with Crippen LogP contribution in [0.15, 0.2) is 48.5 Å². The summed E-state index contributed by atoms with van der Waals surface area (Å²) >= 11 is 0. The lowest BCUT2D eigenvalue weighted by Crippen LogP contribution is -1.97. The van der Waals surface area contributed by atoms with E-state index < -0.39 is 5.82 Å². The maximum atomic E-state index is 13.8. The molecule has 0 heterocycles. The second kappa shape index (κ2) is 7.58. The minimum atomic E-state index is -0.395. The van der Waals surface area contributed by atoms with Crippen LogP contribution in [0.1, 0.15) is 18.9 Å².